The number of nitrogens with zero attached hydrogens (tertiary/aromatic N) is 3. The van der Waals surface area contributed by atoms with Gasteiger partial charge >= 0.3 is 4.87 Å². The molecule has 2 heterocycles. The van der Waals surface area contributed by atoms with E-state index < -0.39 is 10.0 Å². The quantitative estimate of drug-likeness (QED) is 0.525. The third-order valence-electron chi connectivity index (χ3n) is 5.76. The van der Waals surface area contributed by atoms with E-state index in [-0.39, 0.29) is 41.9 Å². The fourth-order valence-electron chi connectivity index (χ4n) is 3.93. The first-order valence-corrected chi connectivity index (χ1v) is 12.7. The zero-order chi connectivity index (χ0) is 23.8. The summed E-state index contributed by atoms with van der Waals surface area (Å²) in [4.78, 5) is 26.8. The average Bonchev–Trinajstić information content (AvgIpc) is 3.17. The molecule has 4 rings (SSSR count). The van der Waals surface area contributed by atoms with Crippen LogP contribution < -0.4 is 14.3 Å². The Morgan fingerprint density at radius 1 is 1.03 bits per heavy atom. The van der Waals surface area contributed by atoms with Crippen LogP contribution in [0.5, 0.6) is 11.5 Å². The SMILES string of the molecule is CCn1c(=O)sc2cc(S(=O)(=O)N3CCN(C(=O)c4ccc(OC)cc4OC)CC3)ccc21. The summed E-state index contributed by atoms with van der Waals surface area (Å²) in [6.07, 6.45) is 0. The molecule has 3 aromatic rings. The molecular formula is C22H25N3O6S2. The Labute approximate surface area is 195 Å². The summed E-state index contributed by atoms with van der Waals surface area (Å²) in [5, 5.41) is 0. The van der Waals surface area contributed by atoms with E-state index in [1.54, 1.807) is 39.8 Å². The van der Waals surface area contributed by atoms with E-state index in [1.165, 1.54) is 24.6 Å². The van der Waals surface area contributed by atoms with Gasteiger partial charge in [-0.1, -0.05) is 11.3 Å². The van der Waals surface area contributed by atoms with Gasteiger partial charge < -0.3 is 14.4 Å². The zero-order valence-corrected chi connectivity index (χ0v) is 20.2. The Morgan fingerprint density at radius 2 is 1.76 bits per heavy atom. The summed E-state index contributed by atoms with van der Waals surface area (Å²) < 4.78 is 40.6. The molecule has 0 saturated carbocycles. The minimum absolute atomic E-state index is 0.108. The largest absolute Gasteiger partial charge is 0.497 e. The number of hydrogen-bond donors (Lipinski definition) is 0. The number of thiazole rings is 1. The molecule has 33 heavy (non-hydrogen) atoms. The highest BCUT2D eigenvalue weighted by atomic mass is 32.2. The minimum atomic E-state index is -3.75. The molecular weight excluding hydrogens is 466 g/mol. The Balaban J connectivity index is 1.51. The molecule has 0 spiro atoms. The number of aryl methyl sites for hydroxylation is 1. The maximum Gasteiger partial charge on any atom is 0.308 e. The van der Waals surface area contributed by atoms with E-state index in [9.17, 15) is 18.0 Å². The van der Waals surface area contributed by atoms with Crippen LogP contribution in [-0.2, 0) is 16.6 Å². The van der Waals surface area contributed by atoms with Crippen molar-refractivity contribution in [1.29, 1.82) is 0 Å². The fraction of sp³-hybridized carbons (Fsp3) is 0.364. The summed E-state index contributed by atoms with van der Waals surface area (Å²) in [7, 11) is -0.731. The molecule has 0 radical (unpaired) electrons. The molecule has 1 aliphatic rings. The van der Waals surface area contributed by atoms with Crippen LogP contribution in [0, 0.1) is 0 Å². The second-order valence-corrected chi connectivity index (χ2v) is 10.4. The molecule has 1 fully saturated rings. The molecule has 1 aliphatic heterocycles. The van der Waals surface area contributed by atoms with Crippen LogP contribution in [0.2, 0.25) is 0 Å². The number of hydrogen-bond acceptors (Lipinski definition) is 7. The molecule has 1 aromatic heterocycles. The summed E-state index contributed by atoms with van der Waals surface area (Å²) in [6, 6.07) is 9.75. The van der Waals surface area contributed by atoms with Gasteiger partial charge in [-0.25, -0.2) is 8.42 Å². The molecule has 0 bridgehead atoms. The van der Waals surface area contributed by atoms with Crippen molar-refractivity contribution in [3.05, 3.63) is 51.6 Å². The Bertz CT molecular complexity index is 1350. The number of fused-ring (bicyclic) bond motifs is 1. The maximum atomic E-state index is 13.2. The second kappa shape index (κ2) is 9.16. The van der Waals surface area contributed by atoms with E-state index in [0.29, 0.717) is 28.3 Å². The van der Waals surface area contributed by atoms with Gasteiger partial charge in [-0.15, -0.1) is 0 Å². The van der Waals surface area contributed by atoms with Crippen molar-refractivity contribution < 1.29 is 22.7 Å². The number of carbonyl (C=O) groups is 1. The lowest BCUT2D eigenvalue weighted by atomic mass is 10.1. The molecule has 11 heteroatoms. The monoisotopic (exact) mass is 491 g/mol. The van der Waals surface area contributed by atoms with Crippen LogP contribution in [0.1, 0.15) is 17.3 Å². The van der Waals surface area contributed by atoms with Crippen LogP contribution in [0.4, 0.5) is 0 Å². The van der Waals surface area contributed by atoms with Gasteiger partial charge in [-0.05, 0) is 37.3 Å². The predicted molar refractivity (Wildman–Crippen MR) is 126 cm³/mol. The number of sulfonamides is 1. The number of benzene rings is 2. The Hall–Kier alpha value is -2.89. The number of carbonyl (C=O) groups excluding carboxylic acids is 1. The lowest BCUT2D eigenvalue weighted by Gasteiger charge is -2.34. The van der Waals surface area contributed by atoms with Crippen LogP contribution in [0.3, 0.4) is 0 Å². The van der Waals surface area contributed by atoms with Crippen molar-refractivity contribution in [2.75, 3.05) is 40.4 Å². The van der Waals surface area contributed by atoms with Crippen molar-refractivity contribution in [3.63, 3.8) is 0 Å². The highest BCUT2D eigenvalue weighted by Gasteiger charge is 2.31. The maximum absolute atomic E-state index is 13.2. The van der Waals surface area contributed by atoms with Crippen molar-refractivity contribution in [3.8, 4) is 11.5 Å². The molecule has 0 N–H and O–H groups in total. The summed E-state index contributed by atoms with van der Waals surface area (Å²) in [5.41, 5.74) is 1.13. The van der Waals surface area contributed by atoms with Gasteiger partial charge in [0.1, 0.15) is 11.5 Å². The molecule has 0 aliphatic carbocycles. The smallest absolute Gasteiger partial charge is 0.308 e. The summed E-state index contributed by atoms with van der Waals surface area (Å²) >= 11 is 1.04. The van der Waals surface area contributed by atoms with E-state index in [0.717, 1.165) is 16.9 Å². The number of methoxy groups -OCH3 is 2. The van der Waals surface area contributed by atoms with Gasteiger partial charge in [-0.2, -0.15) is 4.31 Å². The Kier molecular flexibility index (Phi) is 6.46. The molecule has 0 atom stereocenters. The molecule has 1 amide bonds. The molecule has 9 nitrogen and oxygen atoms in total. The van der Waals surface area contributed by atoms with Crippen LogP contribution in [-0.4, -0.2) is 68.5 Å². The third-order valence-corrected chi connectivity index (χ3v) is 8.60. The van der Waals surface area contributed by atoms with Gasteiger partial charge in [0.25, 0.3) is 5.91 Å². The number of aromatic nitrogens is 1. The lowest BCUT2D eigenvalue weighted by molar-refractivity contribution is 0.0694. The van der Waals surface area contributed by atoms with Crippen molar-refractivity contribution in [2.24, 2.45) is 0 Å². The van der Waals surface area contributed by atoms with Crippen LogP contribution >= 0.6 is 11.3 Å². The van der Waals surface area contributed by atoms with Crippen LogP contribution in [0.25, 0.3) is 10.2 Å². The van der Waals surface area contributed by atoms with Gasteiger partial charge in [0.2, 0.25) is 10.0 Å². The second-order valence-electron chi connectivity index (χ2n) is 7.50. The van der Waals surface area contributed by atoms with E-state index in [4.69, 9.17) is 9.47 Å². The van der Waals surface area contributed by atoms with Gasteiger partial charge in [0.05, 0.1) is 34.9 Å². The van der Waals surface area contributed by atoms with Crippen LogP contribution in [0.15, 0.2) is 46.1 Å². The van der Waals surface area contributed by atoms with Crippen molar-refractivity contribution >= 4 is 37.5 Å². The molecule has 1 saturated heterocycles. The standard InChI is InChI=1S/C22H25N3O6S2/c1-4-25-18-8-6-16(14-20(18)32-22(25)27)33(28,29)24-11-9-23(10-12-24)21(26)17-7-5-15(30-2)13-19(17)31-3/h5-8,13-14H,4,9-12H2,1-3H3. The highest BCUT2D eigenvalue weighted by Crippen LogP contribution is 2.28. The number of amides is 1. The van der Waals surface area contributed by atoms with Crippen molar-refractivity contribution in [2.45, 2.75) is 18.4 Å². The molecule has 2 aromatic carbocycles. The first kappa shape index (κ1) is 23.3. The van der Waals surface area contributed by atoms with Crippen molar-refractivity contribution in [1.82, 2.24) is 13.8 Å². The van der Waals surface area contributed by atoms with Gasteiger partial charge in [0.15, 0.2) is 0 Å². The van der Waals surface area contributed by atoms with E-state index in [2.05, 4.69) is 0 Å². The first-order valence-electron chi connectivity index (χ1n) is 10.4. The lowest BCUT2D eigenvalue weighted by Crippen LogP contribution is -2.50. The Morgan fingerprint density at radius 3 is 2.39 bits per heavy atom. The third kappa shape index (κ3) is 4.23. The average molecular weight is 492 g/mol. The predicted octanol–water partition coefficient (Wildman–Crippen LogP) is 2.25. The normalized spacial score (nSPS) is 15.1. The molecule has 176 valence electrons. The summed E-state index contributed by atoms with van der Waals surface area (Å²) in [5.74, 6) is 0.759. The number of rotatable bonds is 6. The minimum Gasteiger partial charge on any atom is -0.497 e. The molecule has 0 unspecified atom stereocenters. The number of piperazine rings is 1. The highest BCUT2D eigenvalue weighted by molar-refractivity contribution is 7.89. The summed E-state index contributed by atoms with van der Waals surface area (Å²) in [6.45, 7) is 3.28. The van der Waals surface area contributed by atoms with Gasteiger partial charge in [-0.3, -0.25) is 14.2 Å². The van der Waals surface area contributed by atoms with Gasteiger partial charge in [0, 0.05) is 38.8 Å². The topological polar surface area (TPSA) is 98.2 Å². The zero-order valence-electron chi connectivity index (χ0n) is 18.6. The first-order chi connectivity index (χ1) is 15.8. The van der Waals surface area contributed by atoms with E-state index >= 15 is 0 Å². The fourth-order valence-corrected chi connectivity index (χ4v) is 6.45. The van der Waals surface area contributed by atoms with E-state index in [1.807, 2.05) is 6.92 Å². The number of ether oxygens (including phenoxy) is 2.